The summed E-state index contributed by atoms with van der Waals surface area (Å²) in [6.45, 7) is 14.1. The summed E-state index contributed by atoms with van der Waals surface area (Å²) in [6.07, 6.45) is 3.63. The molecule has 1 fully saturated rings. The standard InChI is InChI=1S/C16H35N3O/c1-5-8-18-9-6-16(14-17,7-10-18)19(11-12-20-4)13-15(2)3/h15H,5-14,17H2,1-4H3. The molecule has 1 rings (SSSR count). The molecule has 2 N–H and O–H groups in total. The van der Waals surface area contributed by atoms with E-state index >= 15 is 0 Å². The minimum atomic E-state index is 0.188. The van der Waals surface area contributed by atoms with Crippen molar-refractivity contribution in [3.8, 4) is 0 Å². The Morgan fingerprint density at radius 3 is 2.40 bits per heavy atom. The molecule has 1 heterocycles. The predicted molar refractivity (Wildman–Crippen MR) is 86.0 cm³/mol. The van der Waals surface area contributed by atoms with Crippen LogP contribution in [-0.4, -0.2) is 68.3 Å². The summed E-state index contributed by atoms with van der Waals surface area (Å²) in [6, 6.07) is 0. The van der Waals surface area contributed by atoms with Gasteiger partial charge in [-0.2, -0.15) is 0 Å². The molecular weight excluding hydrogens is 250 g/mol. The highest BCUT2D eigenvalue weighted by atomic mass is 16.5. The first kappa shape index (κ1) is 17.9. The number of nitrogens with two attached hydrogens (primary N) is 1. The lowest BCUT2D eigenvalue weighted by Gasteiger charge is -2.49. The highest BCUT2D eigenvalue weighted by Crippen LogP contribution is 2.29. The summed E-state index contributed by atoms with van der Waals surface area (Å²) in [5.41, 5.74) is 6.39. The molecule has 1 saturated heterocycles. The van der Waals surface area contributed by atoms with E-state index in [-0.39, 0.29) is 5.54 Å². The van der Waals surface area contributed by atoms with Gasteiger partial charge in [0.25, 0.3) is 0 Å². The maximum absolute atomic E-state index is 6.20. The maximum Gasteiger partial charge on any atom is 0.0589 e. The van der Waals surface area contributed by atoms with Gasteiger partial charge in [0.2, 0.25) is 0 Å². The third kappa shape index (κ3) is 4.99. The molecule has 0 aromatic rings. The second-order valence-electron chi connectivity index (χ2n) is 6.60. The van der Waals surface area contributed by atoms with Gasteiger partial charge in [0.05, 0.1) is 6.61 Å². The number of ether oxygens (including phenoxy) is 1. The number of nitrogens with zero attached hydrogens (tertiary/aromatic N) is 2. The lowest BCUT2D eigenvalue weighted by molar-refractivity contribution is 0.00397. The van der Waals surface area contributed by atoms with Gasteiger partial charge in [-0.3, -0.25) is 4.90 Å². The molecule has 1 aliphatic rings. The van der Waals surface area contributed by atoms with Gasteiger partial charge in [0, 0.05) is 32.3 Å². The van der Waals surface area contributed by atoms with E-state index in [1.165, 1.54) is 38.9 Å². The smallest absolute Gasteiger partial charge is 0.0589 e. The fraction of sp³-hybridized carbons (Fsp3) is 1.00. The van der Waals surface area contributed by atoms with Gasteiger partial charge < -0.3 is 15.4 Å². The molecule has 0 bridgehead atoms. The zero-order chi connectivity index (χ0) is 15.0. The molecule has 4 nitrogen and oxygen atoms in total. The molecule has 20 heavy (non-hydrogen) atoms. The Labute approximate surface area is 125 Å². The second kappa shape index (κ2) is 8.98. The van der Waals surface area contributed by atoms with Crippen LogP contribution in [-0.2, 0) is 4.74 Å². The van der Waals surface area contributed by atoms with E-state index < -0.39 is 0 Å². The van der Waals surface area contributed by atoms with Crippen LogP contribution in [0.1, 0.15) is 40.0 Å². The highest BCUT2D eigenvalue weighted by Gasteiger charge is 2.38. The number of hydrogen-bond donors (Lipinski definition) is 1. The molecule has 0 aromatic carbocycles. The van der Waals surface area contributed by atoms with Gasteiger partial charge in [0.1, 0.15) is 0 Å². The van der Waals surface area contributed by atoms with Crippen molar-refractivity contribution < 1.29 is 4.74 Å². The first-order chi connectivity index (χ1) is 9.57. The Kier molecular flexibility index (Phi) is 8.03. The largest absolute Gasteiger partial charge is 0.383 e. The van der Waals surface area contributed by atoms with Crippen LogP contribution in [0.2, 0.25) is 0 Å². The van der Waals surface area contributed by atoms with Crippen LogP contribution in [0.5, 0.6) is 0 Å². The number of likely N-dealkylation sites (tertiary alicyclic amines) is 1. The molecule has 4 heteroatoms. The van der Waals surface area contributed by atoms with E-state index in [4.69, 9.17) is 10.5 Å². The van der Waals surface area contributed by atoms with Gasteiger partial charge in [-0.05, 0) is 44.8 Å². The SMILES string of the molecule is CCCN1CCC(CN)(N(CCOC)CC(C)C)CC1. The Balaban J connectivity index is 2.68. The van der Waals surface area contributed by atoms with Crippen LogP contribution in [0.25, 0.3) is 0 Å². The van der Waals surface area contributed by atoms with E-state index in [1.54, 1.807) is 7.11 Å². The van der Waals surface area contributed by atoms with Crippen LogP contribution in [0.4, 0.5) is 0 Å². The summed E-state index contributed by atoms with van der Waals surface area (Å²) < 4.78 is 5.30. The van der Waals surface area contributed by atoms with Crippen molar-refractivity contribution in [2.24, 2.45) is 11.7 Å². The second-order valence-corrected chi connectivity index (χ2v) is 6.60. The molecule has 0 aromatic heterocycles. The summed E-state index contributed by atoms with van der Waals surface area (Å²) in [4.78, 5) is 5.18. The summed E-state index contributed by atoms with van der Waals surface area (Å²) in [5.74, 6) is 0.670. The third-order valence-corrected chi connectivity index (χ3v) is 4.53. The average Bonchev–Trinajstić information content (AvgIpc) is 2.44. The molecule has 0 aliphatic carbocycles. The molecule has 0 radical (unpaired) electrons. The highest BCUT2D eigenvalue weighted by molar-refractivity contribution is 4.96. The molecule has 0 atom stereocenters. The number of rotatable bonds is 9. The zero-order valence-corrected chi connectivity index (χ0v) is 14.0. The van der Waals surface area contributed by atoms with Crippen molar-refractivity contribution >= 4 is 0 Å². The van der Waals surface area contributed by atoms with Crippen LogP contribution in [0, 0.1) is 5.92 Å². The fourth-order valence-electron chi connectivity index (χ4n) is 3.32. The summed E-state index contributed by atoms with van der Waals surface area (Å²) in [7, 11) is 1.78. The molecule has 0 unspecified atom stereocenters. The number of methoxy groups -OCH3 is 1. The fourth-order valence-corrected chi connectivity index (χ4v) is 3.32. The van der Waals surface area contributed by atoms with E-state index in [0.29, 0.717) is 5.92 Å². The van der Waals surface area contributed by atoms with Crippen molar-refractivity contribution in [2.75, 3.05) is 53.0 Å². The van der Waals surface area contributed by atoms with Gasteiger partial charge in [0.15, 0.2) is 0 Å². The summed E-state index contributed by atoms with van der Waals surface area (Å²) >= 11 is 0. The van der Waals surface area contributed by atoms with Gasteiger partial charge >= 0.3 is 0 Å². The Hall–Kier alpha value is -0.160. The van der Waals surface area contributed by atoms with Crippen molar-refractivity contribution in [1.29, 1.82) is 0 Å². The lowest BCUT2D eigenvalue weighted by atomic mass is 9.84. The quantitative estimate of drug-likeness (QED) is 0.701. The number of piperidine rings is 1. The summed E-state index contributed by atoms with van der Waals surface area (Å²) in [5, 5.41) is 0. The van der Waals surface area contributed by atoms with Crippen LogP contribution in [0.3, 0.4) is 0 Å². The topological polar surface area (TPSA) is 41.7 Å². The molecule has 0 amide bonds. The minimum Gasteiger partial charge on any atom is -0.383 e. The maximum atomic E-state index is 6.20. The van der Waals surface area contributed by atoms with Crippen molar-refractivity contribution in [3.63, 3.8) is 0 Å². The molecule has 0 spiro atoms. The van der Waals surface area contributed by atoms with Crippen molar-refractivity contribution in [2.45, 2.75) is 45.6 Å². The Morgan fingerprint density at radius 2 is 1.95 bits per heavy atom. The minimum absolute atomic E-state index is 0.188. The van der Waals surface area contributed by atoms with Crippen molar-refractivity contribution in [1.82, 2.24) is 9.80 Å². The third-order valence-electron chi connectivity index (χ3n) is 4.53. The lowest BCUT2D eigenvalue weighted by Crippen LogP contribution is -2.60. The first-order valence-corrected chi connectivity index (χ1v) is 8.24. The molecular formula is C16H35N3O. The Bertz CT molecular complexity index is 250. The first-order valence-electron chi connectivity index (χ1n) is 8.24. The van der Waals surface area contributed by atoms with Gasteiger partial charge in [-0.25, -0.2) is 0 Å². The monoisotopic (exact) mass is 285 g/mol. The molecule has 1 aliphatic heterocycles. The molecule has 120 valence electrons. The van der Waals surface area contributed by atoms with Gasteiger partial charge in [-0.1, -0.05) is 20.8 Å². The van der Waals surface area contributed by atoms with Crippen LogP contribution < -0.4 is 5.73 Å². The normalized spacial score (nSPS) is 19.9. The zero-order valence-electron chi connectivity index (χ0n) is 14.0. The average molecular weight is 285 g/mol. The van der Waals surface area contributed by atoms with Crippen LogP contribution >= 0.6 is 0 Å². The predicted octanol–water partition coefficient (Wildman–Crippen LogP) is 1.79. The van der Waals surface area contributed by atoms with Crippen molar-refractivity contribution in [3.05, 3.63) is 0 Å². The Morgan fingerprint density at radius 1 is 1.30 bits per heavy atom. The number of hydrogen-bond acceptors (Lipinski definition) is 4. The van der Waals surface area contributed by atoms with E-state index in [0.717, 1.165) is 26.2 Å². The van der Waals surface area contributed by atoms with Gasteiger partial charge in [-0.15, -0.1) is 0 Å². The van der Waals surface area contributed by atoms with Crippen LogP contribution in [0.15, 0.2) is 0 Å². The van der Waals surface area contributed by atoms with E-state index in [2.05, 4.69) is 30.6 Å². The molecule has 0 saturated carbocycles. The van der Waals surface area contributed by atoms with E-state index in [1.807, 2.05) is 0 Å². The van der Waals surface area contributed by atoms with E-state index in [9.17, 15) is 0 Å².